The molecular weight excluding hydrogens is 432 g/mol. The van der Waals surface area contributed by atoms with Gasteiger partial charge in [-0.1, -0.05) is 29.8 Å². The number of nitrogens with zero attached hydrogens (tertiary/aromatic N) is 2. The predicted octanol–water partition coefficient (Wildman–Crippen LogP) is 6.54. The Labute approximate surface area is 188 Å². The van der Waals surface area contributed by atoms with E-state index in [1.807, 2.05) is 12.1 Å². The first-order chi connectivity index (χ1) is 15.4. The zero-order valence-electron chi connectivity index (χ0n) is 16.9. The lowest BCUT2D eigenvalue weighted by Gasteiger charge is -2.25. The van der Waals surface area contributed by atoms with Crippen LogP contribution in [0.4, 0.5) is 25.0 Å². The minimum absolute atomic E-state index is 0.172. The first-order valence-electron chi connectivity index (χ1n) is 10.2. The van der Waals surface area contributed by atoms with Crippen LogP contribution in [0.15, 0.2) is 60.8 Å². The van der Waals surface area contributed by atoms with Crippen LogP contribution in [0.5, 0.6) is 0 Å². The molecule has 0 saturated carbocycles. The van der Waals surface area contributed by atoms with Crippen molar-refractivity contribution in [2.75, 3.05) is 4.90 Å². The highest BCUT2D eigenvalue weighted by molar-refractivity contribution is 6.34. The van der Waals surface area contributed by atoms with Gasteiger partial charge in [0.15, 0.2) is 0 Å². The van der Waals surface area contributed by atoms with Crippen molar-refractivity contribution in [3.8, 4) is 11.1 Å². The molecule has 5 rings (SSSR count). The highest BCUT2D eigenvalue weighted by Crippen LogP contribution is 2.43. The lowest BCUT2D eigenvalue weighted by Crippen LogP contribution is -2.32. The number of aryl methyl sites for hydroxylation is 2. The van der Waals surface area contributed by atoms with E-state index in [-0.39, 0.29) is 11.4 Å². The van der Waals surface area contributed by atoms with Crippen LogP contribution in [0.25, 0.3) is 22.0 Å². The number of carbonyl (C=O) groups excluding carboxylic acids is 1. The summed E-state index contributed by atoms with van der Waals surface area (Å²) in [6, 6.07) is 13.4. The second kappa shape index (κ2) is 7.88. The zero-order chi connectivity index (χ0) is 22.4. The molecule has 32 heavy (non-hydrogen) atoms. The number of aromatic nitrogens is 1. The summed E-state index contributed by atoms with van der Waals surface area (Å²) in [5, 5.41) is 1.25. The van der Waals surface area contributed by atoms with Gasteiger partial charge in [-0.25, -0.2) is 13.6 Å². The van der Waals surface area contributed by atoms with Gasteiger partial charge in [-0.05, 0) is 60.7 Å². The Morgan fingerprint density at radius 2 is 1.75 bits per heavy atom. The number of hydrogen-bond donors (Lipinski definition) is 1. The topological polar surface area (TPSA) is 59.2 Å². The van der Waals surface area contributed by atoms with Gasteiger partial charge in [0.25, 0.3) is 0 Å². The lowest BCUT2D eigenvalue weighted by atomic mass is 9.96. The maximum absolute atomic E-state index is 14.7. The highest BCUT2D eigenvalue weighted by atomic mass is 35.5. The molecule has 1 heterocycles. The molecule has 0 atom stereocenters. The molecule has 0 saturated heterocycles. The second-order valence-electron chi connectivity index (χ2n) is 7.76. The van der Waals surface area contributed by atoms with E-state index < -0.39 is 17.7 Å². The largest absolute Gasteiger partial charge is 0.351 e. The molecule has 1 aromatic heterocycles. The molecule has 1 aliphatic rings. The normalized spacial score (nSPS) is 12.7. The minimum Gasteiger partial charge on any atom is -0.351 e. The third-order valence-corrected chi connectivity index (χ3v) is 6.15. The molecule has 0 aliphatic heterocycles. The zero-order valence-corrected chi connectivity index (χ0v) is 17.7. The number of urea groups is 1. The molecule has 3 aromatic carbocycles. The summed E-state index contributed by atoms with van der Waals surface area (Å²) < 4.78 is 28.3. The molecule has 160 valence electrons. The molecule has 0 radical (unpaired) electrons. The molecule has 4 nitrogen and oxygen atoms in total. The minimum atomic E-state index is -0.925. The number of halogens is 3. The number of primary amides is 1. The predicted molar refractivity (Wildman–Crippen MR) is 122 cm³/mol. The number of hydrogen-bond acceptors (Lipinski definition) is 2. The molecule has 1 aliphatic carbocycles. The Morgan fingerprint density at radius 1 is 1.00 bits per heavy atom. The van der Waals surface area contributed by atoms with E-state index in [1.165, 1.54) is 23.4 Å². The van der Waals surface area contributed by atoms with Gasteiger partial charge in [0, 0.05) is 27.6 Å². The van der Waals surface area contributed by atoms with E-state index in [0.717, 1.165) is 41.1 Å². The molecular formula is C25H18ClF2N3O. The van der Waals surface area contributed by atoms with E-state index in [9.17, 15) is 13.6 Å². The fourth-order valence-corrected chi connectivity index (χ4v) is 4.63. The lowest BCUT2D eigenvalue weighted by molar-refractivity contribution is 0.256. The molecule has 0 spiro atoms. The first-order valence-corrected chi connectivity index (χ1v) is 10.6. The summed E-state index contributed by atoms with van der Waals surface area (Å²) in [7, 11) is 0. The van der Waals surface area contributed by atoms with Gasteiger partial charge in [0.2, 0.25) is 0 Å². The number of benzene rings is 3. The number of pyridine rings is 1. The average Bonchev–Trinajstić information content (AvgIpc) is 3.21. The quantitative estimate of drug-likeness (QED) is 0.386. The van der Waals surface area contributed by atoms with E-state index in [0.29, 0.717) is 22.2 Å². The number of nitrogens with two attached hydrogens (primary N) is 1. The molecule has 0 fully saturated rings. The molecule has 4 aromatic rings. The summed E-state index contributed by atoms with van der Waals surface area (Å²) >= 11 is 6.55. The Morgan fingerprint density at radius 3 is 2.47 bits per heavy atom. The highest BCUT2D eigenvalue weighted by Gasteiger charge is 2.26. The van der Waals surface area contributed by atoms with Crippen LogP contribution in [0.2, 0.25) is 5.02 Å². The fraction of sp³-hybridized carbons (Fsp3) is 0.120. The van der Waals surface area contributed by atoms with Crippen LogP contribution in [-0.2, 0) is 12.8 Å². The van der Waals surface area contributed by atoms with Crippen molar-refractivity contribution in [1.29, 1.82) is 0 Å². The van der Waals surface area contributed by atoms with Crippen LogP contribution in [0.1, 0.15) is 17.5 Å². The average molecular weight is 450 g/mol. The van der Waals surface area contributed by atoms with Crippen LogP contribution < -0.4 is 10.6 Å². The third kappa shape index (κ3) is 3.37. The Balaban J connectivity index is 1.86. The molecule has 0 unspecified atom stereocenters. The Bertz CT molecular complexity index is 1390. The van der Waals surface area contributed by atoms with Crippen molar-refractivity contribution in [3.05, 3.63) is 88.6 Å². The maximum atomic E-state index is 14.7. The van der Waals surface area contributed by atoms with Crippen molar-refractivity contribution >= 4 is 39.9 Å². The number of fused-ring (bicyclic) bond motifs is 2. The maximum Gasteiger partial charge on any atom is 0.324 e. The SMILES string of the molecule is NC(=O)N(c1ccc(F)cc1F)c1cnc2cc3c(cc2c1-c1ccccc1Cl)CCC3. The summed E-state index contributed by atoms with van der Waals surface area (Å²) in [5.74, 6) is -1.67. The van der Waals surface area contributed by atoms with E-state index in [4.69, 9.17) is 17.3 Å². The monoisotopic (exact) mass is 449 g/mol. The summed E-state index contributed by atoms with van der Waals surface area (Å²) in [6.07, 6.45) is 4.48. The Kier molecular flexibility index (Phi) is 5.02. The number of anilines is 2. The second-order valence-corrected chi connectivity index (χ2v) is 8.17. The van der Waals surface area contributed by atoms with Gasteiger partial charge in [-0.2, -0.15) is 0 Å². The van der Waals surface area contributed by atoms with E-state index >= 15 is 0 Å². The van der Waals surface area contributed by atoms with Gasteiger partial charge < -0.3 is 5.73 Å². The van der Waals surface area contributed by atoms with Gasteiger partial charge >= 0.3 is 6.03 Å². The van der Waals surface area contributed by atoms with Gasteiger partial charge in [0.05, 0.1) is 23.1 Å². The van der Waals surface area contributed by atoms with Crippen molar-refractivity contribution in [2.45, 2.75) is 19.3 Å². The van der Waals surface area contributed by atoms with Crippen LogP contribution in [0, 0.1) is 11.6 Å². The van der Waals surface area contributed by atoms with Crippen LogP contribution in [-0.4, -0.2) is 11.0 Å². The van der Waals surface area contributed by atoms with Gasteiger partial charge in [-0.3, -0.25) is 9.88 Å². The number of amides is 2. The van der Waals surface area contributed by atoms with E-state index in [1.54, 1.807) is 12.1 Å². The first kappa shape index (κ1) is 20.4. The summed E-state index contributed by atoms with van der Waals surface area (Å²) in [5.41, 5.74) is 10.3. The Hall–Kier alpha value is -3.51. The van der Waals surface area contributed by atoms with Gasteiger partial charge in [-0.15, -0.1) is 0 Å². The van der Waals surface area contributed by atoms with E-state index in [2.05, 4.69) is 17.1 Å². The standard InChI is InChI=1S/C25H18ClF2N3O/c26-19-7-2-1-6-17(19)24-18-10-14-4-3-5-15(14)11-21(18)30-13-23(24)31(25(29)32)22-9-8-16(27)12-20(22)28/h1-2,6-13H,3-5H2,(H2,29,32). The number of carbonyl (C=O) groups is 1. The summed E-state index contributed by atoms with van der Waals surface area (Å²) in [4.78, 5) is 18.1. The molecule has 2 N–H and O–H groups in total. The smallest absolute Gasteiger partial charge is 0.324 e. The molecule has 7 heteroatoms. The van der Waals surface area contributed by atoms with Crippen molar-refractivity contribution < 1.29 is 13.6 Å². The van der Waals surface area contributed by atoms with Crippen molar-refractivity contribution in [3.63, 3.8) is 0 Å². The molecule has 0 bridgehead atoms. The third-order valence-electron chi connectivity index (χ3n) is 5.82. The van der Waals surface area contributed by atoms with Crippen molar-refractivity contribution in [2.24, 2.45) is 5.73 Å². The van der Waals surface area contributed by atoms with Crippen molar-refractivity contribution in [1.82, 2.24) is 4.98 Å². The summed E-state index contributed by atoms with van der Waals surface area (Å²) in [6.45, 7) is 0. The molecule has 2 amide bonds. The fourth-order valence-electron chi connectivity index (χ4n) is 4.40. The number of rotatable bonds is 3. The van der Waals surface area contributed by atoms with Crippen LogP contribution in [0.3, 0.4) is 0 Å². The van der Waals surface area contributed by atoms with Gasteiger partial charge in [0.1, 0.15) is 11.6 Å². The van der Waals surface area contributed by atoms with Crippen LogP contribution >= 0.6 is 11.6 Å².